The molecule has 54 heavy (non-hydrogen) atoms. The fourth-order valence-electron chi connectivity index (χ4n) is 6.91. The third-order valence-electron chi connectivity index (χ3n) is 9.07. The molecule has 0 aliphatic carbocycles. The van der Waals surface area contributed by atoms with Gasteiger partial charge >= 0.3 is 30.0 Å². The Morgan fingerprint density at radius 1 is 0.963 bits per heavy atom. The lowest BCUT2D eigenvalue weighted by molar-refractivity contribution is -0.320. The number of nitrogens with zero attached hydrogens (tertiary/aromatic N) is 1. The van der Waals surface area contributed by atoms with Crippen LogP contribution >= 0.6 is 11.8 Å². The number of esters is 4. The first-order valence-corrected chi connectivity index (χ1v) is 18.0. The highest BCUT2D eigenvalue weighted by Crippen LogP contribution is 2.45. The quantitative estimate of drug-likeness (QED) is 0.235. The molecule has 19 heteroatoms. The van der Waals surface area contributed by atoms with Crippen molar-refractivity contribution in [1.29, 1.82) is 0 Å². The van der Waals surface area contributed by atoms with Crippen molar-refractivity contribution in [3.8, 4) is 0 Å². The number of hydrogen-bond donors (Lipinski definition) is 1. The molecule has 11 atom stereocenters. The molecule has 18 nitrogen and oxygen atoms in total. The number of carbonyl (C=O) groups excluding carboxylic acids is 6. The molecule has 2 amide bonds. The number of carbonyl (C=O) groups is 6. The molecule has 298 valence electrons. The van der Waals surface area contributed by atoms with Crippen molar-refractivity contribution in [2.75, 3.05) is 20.3 Å². The fraction of sp³-hybridized carbons (Fsp3) is 0.657. The van der Waals surface area contributed by atoms with Gasteiger partial charge in [-0.15, -0.1) is 0 Å². The largest absolute Gasteiger partial charge is 0.465 e. The molecule has 4 aliphatic rings. The third-order valence-corrected chi connectivity index (χ3v) is 10.2. The summed E-state index contributed by atoms with van der Waals surface area (Å²) in [6, 6.07) is 6.20. The summed E-state index contributed by atoms with van der Waals surface area (Å²) >= 11 is 1.24. The summed E-state index contributed by atoms with van der Waals surface area (Å²) in [6.45, 7) is 8.44. The van der Waals surface area contributed by atoms with Crippen molar-refractivity contribution >= 4 is 47.6 Å². The summed E-state index contributed by atoms with van der Waals surface area (Å²) in [6.07, 6.45) is -11.9. The molecule has 4 aliphatic heterocycles. The zero-order valence-corrected chi connectivity index (χ0v) is 31.9. The van der Waals surface area contributed by atoms with E-state index in [0.717, 1.165) is 50.2 Å². The number of thioether (sulfide) groups is 1. The molecule has 0 spiro atoms. The van der Waals surface area contributed by atoms with Crippen molar-refractivity contribution in [2.24, 2.45) is 0 Å². The highest BCUT2D eigenvalue weighted by molar-refractivity contribution is 7.99. The highest BCUT2D eigenvalue weighted by atomic mass is 32.2. The second-order valence-corrected chi connectivity index (χ2v) is 14.9. The van der Waals surface area contributed by atoms with Crippen LogP contribution < -0.4 is 0 Å². The van der Waals surface area contributed by atoms with E-state index < -0.39 is 127 Å². The summed E-state index contributed by atoms with van der Waals surface area (Å²) in [4.78, 5) is 77.9. The number of aliphatic hydroxyl groups excluding tert-OH is 1. The minimum absolute atomic E-state index is 0.457. The zero-order valence-electron chi connectivity index (χ0n) is 31.0. The number of methoxy groups -OCH3 is 1. The number of benzene rings is 1. The number of aliphatic hydroxyl groups is 1. The van der Waals surface area contributed by atoms with Crippen LogP contribution in [0.4, 0.5) is 4.79 Å². The number of rotatable bonds is 12. The minimum atomic E-state index is -2.45. The lowest BCUT2D eigenvalue weighted by atomic mass is 9.88. The average Bonchev–Trinajstić information content (AvgIpc) is 3.61. The van der Waals surface area contributed by atoms with E-state index in [1.54, 1.807) is 13.8 Å². The maximum atomic E-state index is 13.8. The minimum Gasteiger partial charge on any atom is -0.465 e. The van der Waals surface area contributed by atoms with Gasteiger partial charge in [0.05, 0.1) is 20.1 Å². The number of fused-ring (bicyclic) bond motifs is 2. The van der Waals surface area contributed by atoms with Crippen LogP contribution in [0.1, 0.15) is 53.5 Å². The van der Waals surface area contributed by atoms with Gasteiger partial charge in [0, 0.05) is 32.6 Å². The predicted molar refractivity (Wildman–Crippen MR) is 180 cm³/mol. The molecular formula is C35H45NO17S. The Kier molecular flexibility index (Phi) is 12.6. The smallest absolute Gasteiger partial charge is 0.417 e. The summed E-state index contributed by atoms with van der Waals surface area (Å²) < 4.78 is 58.1. The third kappa shape index (κ3) is 8.98. The fourth-order valence-corrected chi connectivity index (χ4v) is 7.97. The van der Waals surface area contributed by atoms with E-state index in [2.05, 4.69) is 0 Å². The first kappa shape index (κ1) is 41.3. The predicted octanol–water partition coefficient (Wildman–Crippen LogP) is 1.53. The zero-order chi connectivity index (χ0) is 39.7. The van der Waals surface area contributed by atoms with Crippen LogP contribution in [0.2, 0.25) is 0 Å². The monoisotopic (exact) mass is 783 g/mol. The number of imide groups is 1. The van der Waals surface area contributed by atoms with Gasteiger partial charge in [-0.25, -0.2) is 14.5 Å². The van der Waals surface area contributed by atoms with E-state index in [9.17, 15) is 33.9 Å². The molecule has 0 radical (unpaired) electrons. The molecule has 4 heterocycles. The molecule has 0 saturated carbocycles. The lowest BCUT2D eigenvalue weighted by Crippen LogP contribution is -2.67. The van der Waals surface area contributed by atoms with Crippen LogP contribution in [0.3, 0.4) is 0 Å². The van der Waals surface area contributed by atoms with Crippen molar-refractivity contribution in [1.82, 2.24) is 4.90 Å². The van der Waals surface area contributed by atoms with Crippen molar-refractivity contribution in [2.45, 2.75) is 132 Å². The Balaban J connectivity index is 1.52. The van der Waals surface area contributed by atoms with Crippen molar-refractivity contribution < 1.29 is 81.2 Å². The van der Waals surface area contributed by atoms with Gasteiger partial charge in [0.2, 0.25) is 5.91 Å². The van der Waals surface area contributed by atoms with E-state index in [1.807, 2.05) is 31.2 Å². The summed E-state index contributed by atoms with van der Waals surface area (Å²) in [7, 11) is 1.06. The van der Waals surface area contributed by atoms with Crippen LogP contribution in [0.25, 0.3) is 0 Å². The maximum absolute atomic E-state index is 13.8. The summed E-state index contributed by atoms with van der Waals surface area (Å²) in [5.74, 6) is -8.05. The second kappa shape index (κ2) is 16.5. The van der Waals surface area contributed by atoms with Gasteiger partial charge in [-0.3, -0.25) is 19.2 Å². The van der Waals surface area contributed by atoms with Crippen molar-refractivity contribution in [3.05, 3.63) is 29.8 Å². The van der Waals surface area contributed by atoms with Crippen LogP contribution in [0.15, 0.2) is 29.2 Å². The first-order chi connectivity index (χ1) is 25.3. The van der Waals surface area contributed by atoms with E-state index in [4.69, 9.17) is 47.4 Å². The van der Waals surface area contributed by atoms with Gasteiger partial charge in [0.25, 0.3) is 5.79 Å². The topological polar surface area (TPSA) is 218 Å². The van der Waals surface area contributed by atoms with E-state index in [0.29, 0.717) is 0 Å². The van der Waals surface area contributed by atoms with Gasteiger partial charge in [0.15, 0.2) is 18.0 Å². The van der Waals surface area contributed by atoms with Crippen LogP contribution in [0, 0.1) is 6.92 Å². The standard InChI is InChI=1S/C35H45NO17S/c1-16-9-11-21(12-10-16)54-31-26(41)30-28(51-34(6,7)52-30)24(49-31)15-46-35(32(42)44-8)13-22-25(36(17(2)37)33(43)50-22)29(53-35)27(48-20(5)40)23(47-19(4)39)14-45-18(3)38/h9-12,22-31,41H,13-15H2,1-8H3/t22-,23+,24+,25+,26+,27+,28-,29+,30+,31-,35+/m0/s1. The normalized spacial score (nSPS) is 32.3. The lowest BCUT2D eigenvalue weighted by Gasteiger charge is -2.47. The molecule has 0 unspecified atom stereocenters. The number of amides is 2. The van der Waals surface area contributed by atoms with Gasteiger partial charge in [0.1, 0.15) is 54.7 Å². The molecule has 4 fully saturated rings. The molecule has 1 aromatic rings. The number of hydrogen-bond acceptors (Lipinski definition) is 18. The van der Waals surface area contributed by atoms with Gasteiger partial charge in [-0.2, -0.15) is 0 Å². The Hall–Kier alpha value is -3.85. The van der Waals surface area contributed by atoms with Crippen LogP contribution in [0.5, 0.6) is 0 Å². The van der Waals surface area contributed by atoms with Crippen molar-refractivity contribution in [3.63, 3.8) is 0 Å². The van der Waals surface area contributed by atoms with Gasteiger partial charge in [-0.1, -0.05) is 29.5 Å². The van der Waals surface area contributed by atoms with Gasteiger partial charge < -0.3 is 52.5 Å². The molecule has 4 saturated heterocycles. The van der Waals surface area contributed by atoms with Crippen LogP contribution in [-0.2, 0) is 71.3 Å². The Morgan fingerprint density at radius 2 is 1.61 bits per heavy atom. The molecule has 0 aromatic heterocycles. The Labute approximate surface area is 315 Å². The second-order valence-electron chi connectivity index (χ2n) is 13.7. The highest BCUT2D eigenvalue weighted by Gasteiger charge is 2.65. The maximum Gasteiger partial charge on any atom is 0.417 e. The van der Waals surface area contributed by atoms with E-state index >= 15 is 0 Å². The van der Waals surface area contributed by atoms with E-state index in [-0.39, 0.29) is 0 Å². The Bertz CT molecular complexity index is 1600. The molecule has 0 bridgehead atoms. The molecule has 1 aromatic carbocycles. The van der Waals surface area contributed by atoms with E-state index in [1.165, 1.54) is 11.8 Å². The number of ether oxygens (including phenoxy) is 10. The summed E-state index contributed by atoms with van der Waals surface area (Å²) in [5.41, 5.74) is 0.143. The molecule has 1 N–H and O–H groups in total. The Morgan fingerprint density at radius 3 is 2.20 bits per heavy atom. The molecule has 5 rings (SSSR count). The summed E-state index contributed by atoms with van der Waals surface area (Å²) in [5, 5.41) is 11.4. The SMILES string of the molecule is COC(=O)[C@@]1(OC[C@H]2O[C@@H](Sc3ccc(C)cc3)[C@H](O)[C@H]3OC(C)(C)O[C@H]32)C[C@@H]2OC(=O)N(C(C)=O)[C@H]2[C@H]([C@H](OC(C)=O)[C@@H](COC(C)=O)OC(C)=O)O1. The first-order valence-electron chi connectivity index (χ1n) is 17.2. The molecular weight excluding hydrogens is 738 g/mol. The van der Waals surface area contributed by atoms with Crippen LogP contribution in [-0.4, -0.2) is 138 Å². The number of aryl methyl sites for hydroxylation is 1. The average molecular weight is 784 g/mol. The van der Waals surface area contributed by atoms with Gasteiger partial charge in [-0.05, 0) is 32.9 Å².